The number of hydrogen-bond acceptors (Lipinski definition) is 4. The number of nitrogens with two attached hydrogens (primary N) is 1. The van der Waals surface area contributed by atoms with E-state index in [4.69, 9.17) is 4.74 Å². The molecule has 0 fully saturated rings. The van der Waals surface area contributed by atoms with Crippen LogP contribution in [0.15, 0.2) is 54.6 Å². The van der Waals surface area contributed by atoms with E-state index < -0.39 is 24.1 Å². The molecular weight excluding hydrogens is 408 g/mol. The van der Waals surface area contributed by atoms with Crippen molar-refractivity contribution in [2.75, 3.05) is 6.61 Å². The van der Waals surface area contributed by atoms with Crippen molar-refractivity contribution in [1.29, 1.82) is 0 Å². The molecular formula is C25H31N2O5+. The van der Waals surface area contributed by atoms with Gasteiger partial charge in [-0.2, -0.15) is 0 Å². The summed E-state index contributed by atoms with van der Waals surface area (Å²) in [6.07, 6.45) is 1.47. The van der Waals surface area contributed by atoms with E-state index in [2.05, 4.69) is 0 Å². The Morgan fingerprint density at radius 1 is 1.09 bits per heavy atom. The van der Waals surface area contributed by atoms with E-state index >= 15 is 0 Å². The van der Waals surface area contributed by atoms with Crippen molar-refractivity contribution >= 4 is 17.8 Å². The number of carboxylic acid groups (broad SMARTS) is 1. The second-order valence-corrected chi connectivity index (χ2v) is 8.16. The van der Waals surface area contributed by atoms with Crippen LogP contribution in [0.1, 0.15) is 37.0 Å². The summed E-state index contributed by atoms with van der Waals surface area (Å²) in [5.74, 6) is -1.67. The number of amides is 1. The predicted octanol–water partition coefficient (Wildman–Crippen LogP) is 1.54. The van der Waals surface area contributed by atoms with Gasteiger partial charge in [0.15, 0.2) is 12.1 Å². The molecule has 2 aromatic rings. The topological polar surface area (TPSA) is 101 Å². The van der Waals surface area contributed by atoms with Gasteiger partial charge in [-0.05, 0) is 37.0 Å². The molecule has 1 aliphatic heterocycles. The number of hydrogen-bond donors (Lipinski definition) is 2. The molecule has 1 heterocycles. The fraction of sp³-hybridized carbons (Fsp3) is 0.400. The molecule has 170 valence electrons. The minimum Gasteiger partial charge on any atom is -0.480 e. The number of aliphatic carboxylic acids is 1. The third-order valence-electron chi connectivity index (χ3n) is 5.90. The average Bonchev–Trinajstić information content (AvgIpc) is 2.80. The second-order valence-electron chi connectivity index (χ2n) is 8.16. The molecule has 0 aliphatic carbocycles. The van der Waals surface area contributed by atoms with E-state index in [-0.39, 0.29) is 31.4 Å². The summed E-state index contributed by atoms with van der Waals surface area (Å²) in [7, 11) is 0. The molecule has 1 aliphatic rings. The first kappa shape index (κ1) is 23.5. The van der Waals surface area contributed by atoms with Crippen molar-refractivity contribution in [3.63, 3.8) is 0 Å². The molecule has 0 saturated heterocycles. The van der Waals surface area contributed by atoms with Crippen LogP contribution in [0.25, 0.3) is 0 Å². The van der Waals surface area contributed by atoms with Crippen molar-refractivity contribution in [1.82, 2.24) is 4.90 Å². The van der Waals surface area contributed by atoms with Gasteiger partial charge in [0.1, 0.15) is 6.04 Å². The van der Waals surface area contributed by atoms with Crippen molar-refractivity contribution < 1.29 is 29.5 Å². The molecule has 3 atom stereocenters. The zero-order valence-electron chi connectivity index (χ0n) is 18.6. The zero-order valence-corrected chi connectivity index (χ0v) is 18.6. The lowest BCUT2D eigenvalue weighted by atomic mass is 9.93. The van der Waals surface area contributed by atoms with Gasteiger partial charge in [0.05, 0.1) is 6.61 Å². The molecule has 7 heteroatoms. The minimum atomic E-state index is -1.02. The van der Waals surface area contributed by atoms with Crippen LogP contribution in [0.4, 0.5) is 0 Å². The first-order valence-electron chi connectivity index (χ1n) is 11.1. The van der Waals surface area contributed by atoms with Gasteiger partial charge in [-0.1, -0.05) is 54.6 Å². The summed E-state index contributed by atoms with van der Waals surface area (Å²) < 4.78 is 5.24. The second kappa shape index (κ2) is 10.9. The van der Waals surface area contributed by atoms with Crippen LogP contribution in [0.3, 0.4) is 0 Å². The van der Waals surface area contributed by atoms with Crippen molar-refractivity contribution in [2.45, 2.75) is 57.8 Å². The monoisotopic (exact) mass is 439 g/mol. The molecule has 0 radical (unpaired) electrons. The van der Waals surface area contributed by atoms with Gasteiger partial charge in [-0.3, -0.25) is 4.79 Å². The molecule has 1 amide bonds. The number of carbonyl (C=O) groups excluding carboxylic acids is 2. The van der Waals surface area contributed by atoms with Crippen LogP contribution in [-0.2, 0) is 38.5 Å². The van der Waals surface area contributed by atoms with Crippen molar-refractivity contribution in [3.05, 3.63) is 71.3 Å². The summed E-state index contributed by atoms with van der Waals surface area (Å²) in [5, 5.41) is 11.4. The summed E-state index contributed by atoms with van der Waals surface area (Å²) in [5.41, 5.74) is 3.01. The number of fused-ring (bicyclic) bond motifs is 1. The van der Waals surface area contributed by atoms with Crippen molar-refractivity contribution in [3.8, 4) is 0 Å². The van der Waals surface area contributed by atoms with Gasteiger partial charge < -0.3 is 20.1 Å². The van der Waals surface area contributed by atoms with Crippen LogP contribution < -0.4 is 5.32 Å². The van der Waals surface area contributed by atoms with E-state index in [1.165, 1.54) is 4.90 Å². The molecule has 0 unspecified atom stereocenters. The van der Waals surface area contributed by atoms with Crippen LogP contribution in [0.2, 0.25) is 0 Å². The Labute approximate surface area is 188 Å². The van der Waals surface area contributed by atoms with E-state index in [1.807, 2.05) is 54.6 Å². The molecule has 0 spiro atoms. The smallest absolute Gasteiger partial charge is 0.364 e. The maximum atomic E-state index is 13.3. The fourth-order valence-corrected chi connectivity index (χ4v) is 4.18. The van der Waals surface area contributed by atoms with Gasteiger partial charge in [0, 0.05) is 19.4 Å². The van der Waals surface area contributed by atoms with Crippen molar-refractivity contribution in [2.24, 2.45) is 0 Å². The van der Waals surface area contributed by atoms with Crippen LogP contribution >= 0.6 is 0 Å². The highest BCUT2D eigenvalue weighted by Crippen LogP contribution is 2.24. The molecule has 0 bridgehead atoms. The largest absolute Gasteiger partial charge is 0.480 e. The highest BCUT2D eigenvalue weighted by Gasteiger charge is 2.39. The number of carbonyl (C=O) groups is 3. The molecule has 2 aromatic carbocycles. The predicted molar refractivity (Wildman–Crippen MR) is 119 cm³/mol. The lowest BCUT2D eigenvalue weighted by Crippen LogP contribution is -2.98. The van der Waals surface area contributed by atoms with E-state index in [9.17, 15) is 19.5 Å². The molecule has 3 rings (SSSR count). The third-order valence-corrected chi connectivity index (χ3v) is 5.90. The summed E-state index contributed by atoms with van der Waals surface area (Å²) >= 11 is 0. The van der Waals surface area contributed by atoms with E-state index in [1.54, 1.807) is 19.2 Å². The fourth-order valence-electron chi connectivity index (χ4n) is 4.18. The first-order valence-corrected chi connectivity index (χ1v) is 11.1. The first-order chi connectivity index (χ1) is 15.4. The average molecular weight is 440 g/mol. The molecule has 7 nitrogen and oxygen atoms in total. The molecule has 3 N–H and O–H groups in total. The quantitative estimate of drug-likeness (QED) is 0.578. The van der Waals surface area contributed by atoms with Gasteiger partial charge in [-0.25, -0.2) is 9.59 Å². The number of ether oxygens (including phenoxy) is 1. The minimum absolute atomic E-state index is 0.248. The Kier molecular flexibility index (Phi) is 8.00. The highest BCUT2D eigenvalue weighted by atomic mass is 16.5. The van der Waals surface area contributed by atoms with Crippen LogP contribution in [0, 0.1) is 0 Å². The number of aryl methyl sites for hydroxylation is 1. The third kappa shape index (κ3) is 5.73. The number of benzene rings is 2. The Bertz CT molecular complexity index is 946. The molecule has 0 aromatic heterocycles. The Morgan fingerprint density at radius 2 is 1.75 bits per heavy atom. The maximum Gasteiger partial charge on any atom is 0.364 e. The highest BCUT2D eigenvalue weighted by molar-refractivity contribution is 5.87. The Balaban J connectivity index is 1.72. The zero-order chi connectivity index (χ0) is 23.1. The standard InChI is InChI=1S/C25H30N2O5/c1-3-32-25(31)21(14-13-18-9-5-4-6-10-18)26-17(2)23(28)27-16-20-12-8-7-11-19(20)15-22(27)24(29)30/h4-12,17,21-22,26H,3,13-16H2,1-2H3,(H,29,30)/p+1/t17-,21-,22-/m0/s1. The van der Waals surface area contributed by atoms with Gasteiger partial charge in [0.2, 0.25) is 0 Å². The summed E-state index contributed by atoms with van der Waals surface area (Å²) in [4.78, 5) is 39.2. The lowest BCUT2D eigenvalue weighted by Gasteiger charge is -2.35. The van der Waals surface area contributed by atoms with Crippen LogP contribution in [-0.4, -0.2) is 52.6 Å². The molecule has 32 heavy (non-hydrogen) atoms. The number of carboxylic acids is 1. The Hall–Kier alpha value is -3.19. The summed E-state index contributed by atoms with van der Waals surface area (Å²) in [6, 6.07) is 15.3. The SMILES string of the molecule is CCOC(=O)[C@H](CCc1ccccc1)[NH2+][C@@H](C)C(=O)N1Cc2ccccc2C[C@H]1C(=O)O. The van der Waals surface area contributed by atoms with Gasteiger partial charge in [-0.15, -0.1) is 0 Å². The van der Waals surface area contributed by atoms with E-state index in [0.29, 0.717) is 12.8 Å². The normalized spacial score (nSPS) is 17.2. The van der Waals surface area contributed by atoms with E-state index in [0.717, 1.165) is 16.7 Å². The van der Waals surface area contributed by atoms with Gasteiger partial charge in [0.25, 0.3) is 5.91 Å². The lowest BCUT2D eigenvalue weighted by molar-refractivity contribution is -0.697. The number of esters is 1. The number of nitrogens with zero attached hydrogens (tertiary/aromatic N) is 1. The summed E-state index contributed by atoms with van der Waals surface area (Å²) in [6.45, 7) is 3.99. The number of quaternary nitrogens is 1. The maximum absolute atomic E-state index is 13.3. The molecule has 0 saturated carbocycles. The van der Waals surface area contributed by atoms with Crippen LogP contribution in [0.5, 0.6) is 0 Å². The van der Waals surface area contributed by atoms with Gasteiger partial charge >= 0.3 is 11.9 Å². The Morgan fingerprint density at radius 3 is 2.41 bits per heavy atom. The number of rotatable bonds is 9.